The van der Waals surface area contributed by atoms with E-state index in [-0.39, 0.29) is 47.9 Å². The number of benzene rings is 6. The lowest BCUT2D eigenvalue weighted by Gasteiger charge is -2.24. The number of amides is 5. The van der Waals surface area contributed by atoms with E-state index >= 15 is 0 Å². The van der Waals surface area contributed by atoms with Crippen LogP contribution in [0, 0.1) is 0 Å². The maximum absolute atomic E-state index is 14.3. The predicted molar refractivity (Wildman–Crippen MR) is 284 cm³/mol. The van der Waals surface area contributed by atoms with Gasteiger partial charge >= 0.3 is 12.2 Å². The van der Waals surface area contributed by atoms with Gasteiger partial charge in [-0.1, -0.05) is 48.5 Å². The first-order valence-corrected chi connectivity index (χ1v) is 24.7. The van der Waals surface area contributed by atoms with Crippen LogP contribution in [0.2, 0.25) is 0 Å². The summed E-state index contributed by atoms with van der Waals surface area (Å²) in [6, 6.07) is 36.5. The van der Waals surface area contributed by atoms with Gasteiger partial charge in [-0.2, -0.15) is 0 Å². The normalized spacial score (nSPS) is 22.7. The molecule has 2 unspecified atom stereocenters. The summed E-state index contributed by atoms with van der Waals surface area (Å²) in [5, 5.41) is 35.7. The average Bonchev–Trinajstić information content (AvgIpc) is 4.26. The smallest absolute Gasteiger partial charge is 0.412 e. The molecular weight excluding hydrogens is 923 g/mol. The van der Waals surface area contributed by atoms with E-state index in [4.69, 9.17) is 10.5 Å². The summed E-state index contributed by atoms with van der Waals surface area (Å²) >= 11 is 0. The molecule has 0 bridgehead atoms. The summed E-state index contributed by atoms with van der Waals surface area (Å²) in [5.74, 6) is -0.595. The molecule has 3 aliphatic heterocycles. The largest absolute Gasteiger partial charge is 0.465 e. The van der Waals surface area contributed by atoms with E-state index < -0.39 is 28.9 Å². The number of para-hydroxylation sites is 1. The van der Waals surface area contributed by atoms with Crippen LogP contribution in [0.5, 0.6) is 0 Å². The van der Waals surface area contributed by atoms with Crippen molar-refractivity contribution in [2.45, 2.75) is 99.8 Å². The van der Waals surface area contributed by atoms with Crippen molar-refractivity contribution in [1.29, 1.82) is 0 Å². The van der Waals surface area contributed by atoms with Crippen molar-refractivity contribution < 1.29 is 33.8 Å². The highest BCUT2D eigenvalue weighted by atomic mass is 16.6. The topological polar surface area (TPSA) is 237 Å². The second kappa shape index (κ2) is 16.5. The number of ether oxygens (including phenoxy) is 1. The second-order valence-electron chi connectivity index (χ2n) is 21.7. The highest BCUT2D eigenvalue weighted by molar-refractivity contribution is 6.05. The third-order valence-corrected chi connectivity index (χ3v) is 15.1. The van der Waals surface area contributed by atoms with Crippen LogP contribution in [0.3, 0.4) is 0 Å². The Bertz CT molecular complexity index is 3360. The van der Waals surface area contributed by atoms with E-state index in [2.05, 4.69) is 54.7 Å². The molecule has 11 N–H and O–H groups in total. The van der Waals surface area contributed by atoms with Crippen molar-refractivity contribution in [3.05, 3.63) is 126 Å². The standard InChI is InChI=1S/C57H55N9O7/c1-54(2,3)73-53(72)60-37-10-5-8-32(20-37)38-11-6-12-43-49(38)65-56(28-47(68)61-43)25-42(56)34-22-40(31-7-4-9-35(58)19-31)51-45(24-34)63-48(69)29-57(66-51)26-41(57)33-21-39(30-13-15-36(16-14-30)59-52(70)71)50-44(23-33)62-46(67)27-55(64-50)17-18-55/h4-16,19-24,41-42,59,64-66H,17-18,25-29,58H2,1-3H3,(H,60,72)(H,61,68)(H,62,67)(H,63,69)(H,70,71)/t41?,42-,56-,57?/m1/s1. The Kier molecular flexibility index (Phi) is 10.3. The Balaban J connectivity index is 0.892. The molecule has 12 rings (SSSR count). The Morgan fingerprint density at radius 3 is 1.74 bits per heavy atom. The number of nitrogen functional groups attached to an aromatic ring is 1. The number of hydrogen-bond donors (Lipinski definition) is 10. The van der Waals surface area contributed by atoms with Gasteiger partial charge in [0.05, 0.1) is 58.0 Å². The maximum Gasteiger partial charge on any atom is 0.412 e. The van der Waals surface area contributed by atoms with Crippen LogP contribution in [-0.4, -0.2) is 57.2 Å². The number of carbonyl (C=O) groups is 5. The van der Waals surface area contributed by atoms with Crippen molar-refractivity contribution in [3.8, 4) is 33.4 Å². The molecule has 6 aromatic carbocycles. The number of carboxylic acid groups (broad SMARTS) is 1. The van der Waals surface area contributed by atoms with Crippen LogP contribution in [-0.2, 0) is 19.1 Å². The molecule has 4 atom stereocenters. The Hall–Kier alpha value is -8.53. The number of rotatable bonds is 7. The average molecular weight is 978 g/mol. The lowest BCUT2D eigenvalue weighted by atomic mass is 9.93. The minimum absolute atomic E-state index is 0.0666. The lowest BCUT2D eigenvalue weighted by Crippen LogP contribution is -2.27. The van der Waals surface area contributed by atoms with E-state index in [1.165, 1.54) is 0 Å². The molecule has 370 valence electrons. The molecule has 3 heterocycles. The van der Waals surface area contributed by atoms with Crippen molar-refractivity contribution in [2.24, 2.45) is 0 Å². The highest BCUT2D eigenvalue weighted by Crippen LogP contribution is 2.63. The first-order valence-electron chi connectivity index (χ1n) is 24.7. The summed E-state index contributed by atoms with van der Waals surface area (Å²) in [6.45, 7) is 5.43. The van der Waals surface area contributed by atoms with E-state index in [1.807, 2.05) is 106 Å². The fraction of sp³-hybridized carbons (Fsp3) is 0.281. The Labute approximate surface area is 421 Å². The van der Waals surface area contributed by atoms with Crippen LogP contribution in [0.4, 0.5) is 60.8 Å². The Morgan fingerprint density at radius 1 is 0.589 bits per heavy atom. The molecule has 73 heavy (non-hydrogen) atoms. The monoisotopic (exact) mass is 977 g/mol. The second-order valence-corrected chi connectivity index (χ2v) is 21.7. The van der Waals surface area contributed by atoms with Gasteiger partial charge in [0.2, 0.25) is 17.7 Å². The summed E-state index contributed by atoms with van der Waals surface area (Å²) in [4.78, 5) is 65.7. The fourth-order valence-corrected chi connectivity index (χ4v) is 11.4. The molecule has 0 saturated heterocycles. The van der Waals surface area contributed by atoms with Crippen molar-refractivity contribution in [2.75, 3.05) is 48.3 Å². The summed E-state index contributed by atoms with van der Waals surface area (Å²) in [6.07, 6.45) is 2.04. The molecular formula is C57H55N9O7. The van der Waals surface area contributed by atoms with Crippen LogP contribution < -0.4 is 48.3 Å². The summed E-state index contributed by atoms with van der Waals surface area (Å²) in [5.41, 5.74) is 17.0. The van der Waals surface area contributed by atoms with Gasteiger partial charge in [0.25, 0.3) is 0 Å². The number of nitrogens with one attached hydrogen (secondary N) is 8. The molecule has 3 fully saturated rings. The molecule has 3 saturated carbocycles. The zero-order valence-corrected chi connectivity index (χ0v) is 40.5. The third kappa shape index (κ3) is 8.76. The highest BCUT2D eigenvalue weighted by Gasteiger charge is 2.60. The first-order chi connectivity index (χ1) is 34.9. The van der Waals surface area contributed by atoms with E-state index in [0.29, 0.717) is 53.4 Å². The molecule has 3 spiro atoms. The molecule has 0 radical (unpaired) electrons. The van der Waals surface area contributed by atoms with Gasteiger partial charge in [-0.3, -0.25) is 25.0 Å². The zero-order valence-electron chi connectivity index (χ0n) is 40.5. The summed E-state index contributed by atoms with van der Waals surface area (Å²) < 4.78 is 5.51. The molecule has 5 amide bonds. The van der Waals surface area contributed by atoms with Crippen molar-refractivity contribution in [1.82, 2.24) is 0 Å². The van der Waals surface area contributed by atoms with Gasteiger partial charge in [-0.25, -0.2) is 9.59 Å². The predicted octanol–water partition coefficient (Wildman–Crippen LogP) is 11.4. The SMILES string of the molecule is CC(C)(C)OC(=O)Nc1cccc(-c2cccc3c2N[C@@]2(CC(=O)N3)C[C@@H]2c2cc3c(c(-c4cccc(N)c4)c2)NC2(CC(=O)N3)CC2c2cc3c(c(-c4ccc(NC(=O)O)cc4)c2)NC2(CC2)CC(=O)N3)c1. The van der Waals surface area contributed by atoms with Gasteiger partial charge < -0.3 is 47.5 Å². The third-order valence-electron chi connectivity index (χ3n) is 15.1. The number of fused-ring (bicyclic) bond motifs is 3. The van der Waals surface area contributed by atoms with Crippen molar-refractivity contribution >= 4 is 81.1 Å². The van der Waals surface area contributed by atoms with Crippen LogP contribution in [0.25, 0.3) is 33.4 Å². The van der Waals surface area contributed by atoms with Crippen molar-refractivity contribution in [3.63, 3.8) is 0 Å². The van der Waals surface area contributed by atoms with Gasteiger partial charge in [0, 0.05) is 57.5 Å². The molecule has 0 aromatic heterocycles. The van der Waals surface area contributed by atoms with Crippen LogP contribution in [0.1, 0.15) is 88.7 Å². The number of anilines is 9. The van der Waals surface area contributed by atoms with E-state index in [0.717, 1.165) is 74.4 Å². The molecule has 3 aliphatic carbocycles. The maximum atomic E-state index is 14.3. The van der Waals surface area contributed by atoms with Crippen LogP contribution >= 0.6 is 0 Å². The lowest BCUT2D eigenvalue weighted by molar-refractivity contribution is -0.117. The van der Waals surface area contributed by atoms with E-state index in [9.17, 15) is 29.1 Å². The number of nitrogens with two attached hydrogens (primary N) is 1. The van der Waals surface area contributed by atoms with Gasteiger partial charge in [-0.15, -0.1) is 0 Å². The van der Waals surface area contributed by atoms with Gasteiger partial charge in [0.15, 0.2) is 0 Å². The molecule has 6 aromatic rings. The quantitative estimate of drug-likeness (QED) is 0.0675. The van der Waals surface area contributed by atoms with E-state index in [1.54, 1.807) is 18.2 Å². The molecule has 6 aliphatic rings. The number of hydrogen-bond acceptors (Lipinski definition) is 10. The van der Waals surface area contributed by atoms with Crippen LogP contribution in [0.15, 0.2) is 115 Å². The Morgan fingerprint density at radius 2 is 1.14 bits per heavy atom. The summed E-state index contributed by atoms with van der Waals surface area (Å²) in [7, 11) is 0. The minimum Gasteiger partial charge on any atom is -0.465 e. The van der Waals surface area contributed by atoms with Gasteiger partial charge in [-0.05, 0) is 141 Å². The molecule has 16 nitrogen and oxygen atoms in total. The number of carbonyl (C=O) groups excluding carboxylic acids is 4. The molecule has 16 heteroatoms. The first kappa shape index (κ1) is 45.6. The van der Waals surface area contributed by atoms with Gasteiger partial charge in [0.1, 0.15) is 5.60 Å². The minimum atomic E-state index is -1.15. The zero-order chi connectivity index (χ0) is 50.6. The fourth-order valence-electron chi connectivity index (χ4n) is 11.4.